The molecule has 1 unspecified atom stereocenters. The lowest BCUT2D eigenvalue weighted by Gasteiger charge is -2.06. The van der Waals surface area contributed by atoms with Crippen LogP contribution in [0.5, 0.6) is 0 Å². The average molecular weight is 253 g/mol. The van der Waals surface area contributed by atoms with Gasteiger partial charge in [0.05, 0.1) is 22.0 Å². The van der Waals surface area contributed by atoms with Gasteiger partial charge in [-0.1, -0.05) is 30.0 Å². The molecular weight excluding hydrogens is 242 g/mol. The molecule has 88 valence electrons. The normalized spacial score (nSPS) is 18.1. The Morgan fingerprint density at radius 1 is 1.11 bits per heavy atom. The van der Waals surface area contributed by atoms with E-state index in [0.717, 1.165) is 22.9 Å². The van der Waals surface area contributed by atoms with Crippen molar-refractivity contribution in [2.45, 2.75) is 17.0 Å². The zero-order chi connectivity index (χ0) is 11.9. The molecule has 0 aliphatic carbocycles. The highest BCUT2D eigenvalue weighted by molar-refractivity contribution is 7.99. The minimum Gasteiger partial charge on any atom is -0.317 e. The van der Waals surface area contributed by atoms with Gasteiger partial charge in [0.15, 0.2) is 5.16 Å². The minimum absolute atomic E-state index is 0.387. The van der Waals surface area contributed by atoms with Crippen LogP contribution in [0.2, 0.25) is 0 Å². The zero-order valence-corrected chi connectivity index (χ0v) is 10.5. The van der Waals surface area contributed by atoms with E-state index in [1.54, 1.807) is 11.8 Å². The second-order valence-electron chi connectivity index (χ2n) is 4.35. The summed E-state index contributed by atoms with van der Waals surface area (Å²) in [4.78, 5) is 9.11. The Morgan fingerprint density at radius 3 is 2.89 bits per heavy atom. The molecule has 3 aromatic rings. The number of imidazole rings is 1. The molecule has 2 aromatic heterocycles. The largest absolute Gasteiger partial charge is 0.317 e. The van der Waals surface area contributed by atoms with E-state index >= 15 is 0 Å². The second-order valence-corrected chi connectivity index (χ2v) is 5.52. The maximum absolute atomic E-state index is 4.67. The van der Waals surface area contributed by atoms with Crippen LogP contribution in [-0.4, -0.2) is 14.5 Å². The predicted molar refractivity (Wildman–Crippen MR) is 72.6 cm³/mol. The molecule has 1 atom stereocenters. The molecule has 0 spiro atoms. The summed E-state index contributed by atoms with van der Waals surface area (Å²) in [6.45, 7) is 0.956. The summed E-state index contributed by atoms with van der Waals surface area (Å²) in [5.41, 5.74) is 3.44. The van der Waals surface area contributed by atoms with E-state index in [-0.39, 0.29) is 0 Å². The summed E-state index contributed by atoms with van der Waals surface area (Å²) in [6.07, 6.45) is 1.86. The Labute approximate surface area is 109 Å². The first-order chi connectivity index (χ1) is 8.92. The molecule has 3 nitrogen and oxygen atoms in total. The van der Waals surface area contributed by atoms with E-state index in [1.807, 2.05) is 24.4 Å². The molecular formula is C14H11N3S. The molecule has 0 N–H and O–H groups in total. The quantitative estimate of drug-likeness (QED) is 0.667. The van der Waals surface area contributed by atoms with Gasteiger partial charge < -0.3 is 4.57 Å². The maximum atomic E-state index is 4.67. The van der Waals surface area contributed by atoms with Gasteiger partial charge in [-0.3, -0.25) is 4.98 Å². The van der Waals surface area contributed by atoms with Gasteiger partial charge in [0.2, 0.25) is 0 Å². The summed E-state index contributed by atoms with van der Waals surface area (Å²) in [7, 11) is 0. The first-order valence-electron chi connectivity index (χ1n) is 5.95. The number of aromatic nitrogens is 3. The van der Waals surface area contributed by atoms with E-state index < -0.39 is 0 Å². The summed E-state index contributed by atoms with van der Waals surface area (Å²) >= 11 is 1.80. The number of pyridine rings is 1. The van der Waals surface area contributed by atoms with E-state index in [2.05, 4.69) is 38.8 Å². The van der Waals surface area contributed by atoms with E-state index in [0.29, 0.717) is 5.25 Å². The van der Waals surface area contributed by atoms with Crippen LogP contribution in [0.4, 0.5) is 0 Å². The molecule has 0 saturated carbocycles. The average Bonchev–Trinajstić information content (AvgIpc) is 2.97. The van der Waals surface area contributed by atoms with E-state index in [9.17, 15) is 0 Å². The zero-order valence-electron chi connectivity index (χ0n) is 9.65. The number of fused-ring (bicyclic) bond motifs is 3. The Hall–Kier alpha value is -1.81. The van der Waals surface area contributed by atoms with Gasteiger partial charge in [-0.25, -0.2) is 4.98 Å². The smallest absolute Gasteiger partial charge is 0.169 e. The van der Waals surface area contributed by atoms with Crippen LogP contribution in [0.3, 0.4) is 0 Å². The Kier molecular flexibility index (Phi) is 2.17. The first-order valence-corrected chi connectivity index (χ1v) is 6.82. The number of benzene rings is 1. The summed E-state index contributed by atoms with van der Waals surface area (Å²) < 4.78 is 2.29. The molecule has 3 heterocycles. The number of nitrogens with zero attached hydrogens (tertiary/aromatic N) is 3. The number of thioether (sulfide) groups is 1. The molecule has 0 amide bonds. The summed E-state index contributed by atoms with van der Waals surface area (Å²) in [6, 6.07) is 14.4. The molecule has 0 bridgehead atoms. The second kappa shape index (κ2) is 3.85. The lowest BCUT2D eigenvalue weighted by molar-refractivity contribution is 0.674. The summed E-state index contributed by atoms with van der Waals surface area (Å²) in [5, 5.41) is 1.49. The van der Waals surface area contributed by atoms with Crippen molar-refractivity contribution >= 4 is 22.8 Å². The SMILES string of the molecule is c1ccc(C2Cn3c(nc4ccccc43)S2)nc1. The molecule has 4 rings (SSSR count). The molecule has 1 aromatic carbocycles. The molecule has 0 radical (unpaired) electrons. The van der Waals surface area contributed by atoms with Gasteiger partial charge in [0, 0.05) is 12.7 Å². The van der Waals surface area contributed by atoms with Crippen LogP contribution in [0, 0.1) is 0 Å². The summed E-state index contributed by atoms with van der Waals surface area (Å²) in [5.74, 6) is 0. The van der Waals surface area contributed by atoms with Crippen LogP contribution in [0.15, 0.2) is 53.8 Å². The maximum Gasteiger partial charge on any atom is 0.169 e. The standard InChI is InChI=1S/C14H11N3S/c1-2-7-12-10(5-1)16-14-17(12)9-13(18-14)11-6-3-4-8-15-11/h1-8,13H,9H2. The van der Waals surface area contributed by atoms with Gasteiger partial charge in [-0.2, -0.15) is 0 Å². The van der Waals surface area contributed by atoms with Crippen LogP contribution < -0.4 is 0 Å². The Balaban J connectivity index is 1.76. The molecule has 1 aliphatic heterocycles. The highest BCUT2D eigenvalue weighted by Gasteiger charge is 2.27. The van der Waals surface area contributed by atoms with Crippen molar-refractivity contribution in [3.05, 3.63) is 54.4 Å². The molecule has 1 aliphatic rings. The lowest BCUT2D eigenvalue weighted by Crippen LogP contribution is -2.00. The third kappa shape index (κ3) is 1.46. The van der Waals surface area contributed by atoms with E-state index in [1.165, 1.54) is 5.52 Å². The number of hydrogen-bond donors (Lipinski definition) is 0. The van der Waals surface area contributed by atoms with Gasteiger partial charge >= 0.3 is 0 Å². The monoisotopic (exact) mass is 253 g/mol. The van der Waals surface area contributed by atoms with Crippen molar-refractivity contribution in [2.75, 3.05) is 0 Å². The van der Waals surface area contributed by atoms with Crippen LogP contribution in [0.25, 0.3) is 11.0 Å². The van der Waals surface area contributed by atoms with Crippen molar-refractivity contribution < 1.29 is 0 Å². The third-order valence-electron chi connectivity index (χ3n) is 3.23. The van der Waals surface area contributed by atoms with Gasteiger partial charge in [0.1, 0.15) is 0 Å². The van der Waals surface area contributed by atoms with Crippen molar-refractivity contribution in [3.8, 4) is 0 Å². The fourth-order valence-electron chi connectivity index (χ4n) is 2.37. The van der Waals surface area contributed by atoms with Crippen molar-refractivity contribution in [3.63, 3.8) is 0 Å². The van der Waals surface area contributed by atoms with Gasteiger partial charge in [-0.15, -0.1) is 0 Å². The van der Waals surface area contributed by atoms with Gasteiger partial charge in [0.25, 0.3) is 0 Å². The Morgan fingerprint density at radius 2 is 2.00 bits per heavy atom. The van der Waals surface area contributed by atoms with Crippen molar-refractivity contribution in [1.82, 2.24) is 14.5 Å². The van der Waals surface area contributed by atoms with Crippen LogP contribution in [-0.2, 0) is 6.54 Å². The fraction of sp³-hybridized carbons (Fsp3) is 0.143. The molecule has 0 saturated heterocycles. The topological polar surface area (TPSA) is 30.7 Å². The number of rotatable bonds is 1. The van der Waals surface area contributed by atoms with Gasteiger partial charge in [-0.05, 0) is 24.3 Å². The highest BCUT2D eigenvalue weighted by Crippen LogP contribution is 2.43. The van der Waals surface area contributed by atoms with E-state index in [4.69, 9.17) is 0 Å². The fourth-order valence-corrected chi connectivity index (χ4v) is 3.56. The molecule has 4 heteroatoms. The minimum atomic E-state index is 0.387. The predicted octanol–water partition coefficient (Wildman–Crippen LogP) is 3.28. The van der Waals surface area contributed by atoms with Crippen LogP contribution in [0.1, 0.15) is 10.9 Å². The number of hydrogen-bond acceptors (Lipinski definition) is 3. The molecule has 0 fully saturated rings. The lowest BCUT2D eigenvalue weighted by atomic mass is 10.2. The molecule has 18 heavy (non-hydrogen) atoms. The highest BCUT2D eigenvalue weighted by atomic mass is 32.2. The first kappa shape index (κ1) is 10.1. The Bertz CT molecular complexity index is 705. The third-order valence-corrected chi connectivity index (χ3v) is 4.43. The number of para-hydroxylation sites is 2. The van der Waals surface area contributed by atoms with Crippen molar-refractivity contribution in [2.24, 2.45) is 0 Å². The van der Waals surface area contributed by atoms with Crippen LogP contribution >= 0.6 is 11.8 Å². The van der Waals surface area contributed by atoms with Crippen molar-refractivity contribution in [1.29, 1.82) is 0 Å².